The van der Waals surface area contributed by atoms with Gasteiger partial charge in [0.05, 0.1) is 24.4 Å². The third kappa shape index (κ3) is 5.45. The largest absolute Gasteiger partial charge is 0.493 e. The van der Waals surface area contributed by atoms with Gasteiger partial charge in [0, 0.05) is 18.8 Å². The summed E-state index contributed by atoms with van der Waals surface area (Å²) >= 11 is 6.42. The quantitative estimate of drug-likeness (QED) is 0.666. The molecular weight excluding hydrogens is 378 g/mol. The number of piperidine rings is 1. The number of anilines is 2. The van der Waals surface area contributed by atoms with E-state index in [9.17, 15) is 4.79 Å². The molecule has 3 rings (SSSR count). The topological polar surface area (TPSA) is 62.8 Å². The molecule has 1 aliphatic heterocycles. The van der Waals surface area contributed by atoms with Crippen molar-refractivity contribution in [2.75, 3.05) is 43.6 Å². The Labute approximate surface area is 170 Å². The van der Waals surface area contributed by atoms with Crippen LogP contribution in [0.2, 0.25) is 5.02 Å². The molecule has 150 valence electrons. The molecule has 0 unspecified atom stereocenters. The zero-order valence-corrected chi connectivity index (χ0v) is 16.8. The molecule has 28 heavy (non-hydrogen) atoms. The van der Waals surface area contributed by atoms with Crippen LogP contribution in [-0.4, -0.2) is 39.4 Å². The molecule has 1 heterocycles. The number of nitrogens with one attached hydrogen (secondary N) is 2. The van der Waals surface area contributed by atoms with Crippen LogP contribution in [0.3, 0.4) is 0 Å². The number of hydrogen-bond donors (Lipinski definition) is 2. The van der Waals surface area contributed by atoms with Crippen LogP contribution in [0.5, 0.6) is 11.5 Å². The van der Waals surface area contributed by atoms with E-state index in [1.165, 1.54) is 19.3 Å². The number of carbonyl (C=O) groups is 1. The molecule has 6 nitrogen and oxygen atoms in total. The van der Waals surface area contributed by atoms with Crippen molar-refractivity contribution >= 4 is 29.0 Å². The van der Waals surface area contributed by atoms with E-state index in [0.717, 1.165) is 18.8 Å². The summed E-state index contributed by atoms with van der Waals surface area (Å²) in [6.07, 6.45) is 3.65. The number of urea groups is 1. The van der Waals surface area contributed by atoms with Crippen molar-refractivity contribution in [3.63, 3.8) is 0 Å². The number of hydrogen-bond acceptors (Lipinski definition) is 4. The monoisotopic (exact) mass is 403 g/mol. The van der Waals surface area contributed by atoms with Crippen molar-refractivity contribution in [1.82, 2.24) is 5.32 Å². The molecule has 0 aliphatic carbocycles. The molecule has 1 fully saturated rings. The number of nitrogens with zero attached hydrogens (tertiary/aromatic N) is 1. The van der Waals surface area contributed by atoms with Gasteiger partial charge in [0.25, 0.3) is 0 Å². The Morgan fingerprint density at radius 3 is 2.57 bits per heavy atom. The molecular formula is C21H26ClN3O3. The molecule has 2 N–H and O–H groups in total. The van der Waals surface area contributed by atoms with Crippen LogP contribution in [0.15, 0.2) is 42.5 Å². The average Bonchev–Trinajstić information content (AvgIpc) is 2.72. The van der Waals surface area contributed by atoms with Gasteiger partial charge in [-0.15, -0.1) is 0 Å². The maximum absolute atomic E-state index is 12.1. The average molecular weight is 404 g/mol. The highest BCUT2D eigenvalue weighted by molar-refractivity contribution is 6.33. The van der Waals surface area contributed by atoms with E-state index in [-0.39, 0.29) is 6.03 Å². The van der Waals surface area contributed by atoms with Gasteiger partial charge in [-0.25, -0.2) is 4.79 Å². The fraction of sp³-hybridized carbons (Fsp3) is 0.381. The van der Waals surface area contributed by atoms with E-state index in [2.05, 4.69) is 15.5 Å². The predicted molar refractivity (Wildman–Crippen MR) is 113 cm³/mol. The van der Waals surface area contributed by atoms with E-state index in [4.69, 9.17) is 21.1 Å². The second-order valence-electron chi connectivity index (χ2n) is 6.59. The number of para-hydroxylation sites is 2. The summed E-state index contributed by atoms with van der Waals surface area (Å²) in [5.74, 6) is 1.31. The summed E-state index contributed by atoms with van der Waals surface area (Å²) in [6.45, 7) is 2.75. The fourth-order valence-corrected chi connectivity index (χ4v) is 3.51. The maximum atomic E-state index is 12.1. The SMILES string of the molecule is COc1ccccc1OCCNC(=O)Nc1ccc(N2CCCCC2)c(Cl)c1. The van der Waals surface area contributed by atoms with Crippen LogP contribution in [0.25, 0.3) is 0 Å². The minimum absolute atomic E-state index is 0.301. The van der Waals surface area contributed by atoms with E-state index in [1.807, 2.05) is 36.4 Å². The van der Waals surface area contributed by atoms with E-state index >= 15 is 0 Å². The summed E-state index contributed by atoms with van der Waals surface area (Å²) < 4.78 is 10.9. The Morgan fingerprint density at radius 2 is 1.86 bits per heavy atom. The van der Waals surface area contributed by atoms with Crippen LogP contribution >= 0.6 is 11.6 Å². The number of benzene rings is 2. The second-order valence-corrected chi connectivity index (χ2v) is 7.00. The van der Waals surface area contributed by atoms with E-state index in [0.29, 0.717) is 35.4 Å². The number of amides is 2. The molecule has 2 aromatic rings. The van der Waals surface area contributed by atoms with Crippen LogP contribution in [0.1, 0.15) is 19.3 Å². The second kappa shape index (κ2) is 10.1. The lowest BCUT2D eigenvalue weighted by Gasteiger charge is -2.29. The molecule has 0 aromatic heterocycles. The van der Waals surface area contributed by atoms with Gasteiger partial charge in [-0.1, -0.05) is 23.7 Å². The highest BCUT2D eigenvalue weighted by Gasteiger charge is 2.14. The summed E-state index contributed by atoms with van der Waals surface area (Å²) in [5.41, 5.74) is 1.69. The highest BCUT2D eigenvalue weighted by Crippen LogP contribution is 2.30. The first-order chi connectivity index (χ1) is 13.7. The molecule has 0 atom stereocenters. The molecule has 1 aliphatic rings. The Balaban J connectivity index is 1.45. The van der Waals surface area contributed by atoms with Crippen molar-refractivity contribution in [1.29, 1.82) is 0 Å². The van der Waals surface area contributed by atoms with Gasteiger partial charge in [-0.2, -0.15) is 0 Å². The smallest absolute Gasteiger partial charge is 0.319 e. The number of ether oxygens (including phenoxy) is 2. The minimum atomic E-state index is -0.301. The highest BCUT2D eigenvalue weighted by atomic mass is 35.5. The van der Waals surface area contributed by atoms with Crippen LogP contribution < -0.4 is 25.0 Å². The van der Waals surface area contributed by atoms with Gasteiger partial charge in [0.15, 0.2) is 11.5 Å². The molecule has 1 saturated heterocycles. The van der Waals surface area contributed by atoms with E-state index < -0.39 is 0 Å². The van der Waals surface area contributed by atoms with Crippen LogP contribution in [0, 0.1) is 0 Å². The number of halogens is 1. The van der Waals surface area contributed by atoms with Crippen molar-refractivity contribution in [3.8, 4) is 11.5 Å². The van der Waals surface area contributed by atoms with Crippen LogP contribution in [-0.2, 0) is 0 Å². The zero-order valence-electron chi connectivity index (χ0n) is 16.0. The molecule has 7 heteroatoms. The lowest BCUT2D eigenvalue weighted by Crippen LogP contribution is -2.32. The van der Waals surface area contributed by atoms with Crippen molar-refractivity contribution in [2.24, 2.45) is 0 Å². The molecule has 2 aromatic carbocycles. The predicted octanol–water partition coefficient (Wildman–Crippen LogP) is 4.54. The van der Waals surface area contributed by atoms with Gasteiger partial charge in [-0.05, 0) is 49.6 Å². The summed E-state index contributed by atoms with van der Waals surface area (Å²) in [4.78, 5) is 14.4. The van der Waals surface area contributed by atoms with Gasteiger partial charge < -0.3 is 25.0 Å². The Hall–Kier alpha value is -2.60. The normalized spacial score (nSPS) is 13.7. The van der Waals surface area contributed by atoms with Crippen LogP contribution in [0.4, 0.5) is 16.2 Å². The lowest BCUT2D eigenvalue weighted by molar-refractivity contribution is 0.246. The lowest BCUT2D eigenvalue weighted by atomic mass is 10.1. The van der Waals surface area contributed by atoms with Gasteiger partial charge in [0.2, 0.25) is 0 Å². The fourth-order valence-electron chi connectivity index (χ4n) is 3.21. The number of methoxy groups -OCH3 is 1. The first-order valence-corrected chi connectivity index (χ1v) is 9.90. The Bertz CT molecular complexity index is 794. The van der Waals surface area contributed by atoms with Crippen molar-refractivity contribution in [3.05, 3.63) is 47.5 Å². The maximum Gasteiger partial charge on any atom is 0.319 e. The minimum Gasteiger partial charge on any atom is -0.493 e. The number of rotatable bonds is 7. The van der Waals surface area contributed by atoms with Crippen molar-refractivity contribution < 1.29 is 14.3 Å². The third-order valence-electron chi connectivity index (χ3n) is 4.62. The first-order valence-electron chi connectivity index (χ1n) is 9.52. The molecule has 2 amide bonds. The summed E-state index contributed by atoms with van der Waals surface area (Å²) in [5, 5.41) is 6.22. The molecule has 0 radical (unpaired) electrons. The van der Waals surface area contributed by atoms with Gasteiger partial charge >= 0.3 is 6.03 Å². The number of carbonyl (C=O) groups excluding carboxylic acids is 1. The summed E-state index contributed by atoms with van der Waals surface area (Å²) in [6, 6.07) is 12.7. The molecule has 0 bridgehead atoms. The zero-order chi connectivity index (χ0) is 19.8. The molecule has 0 spiro atoms. The third-order valence-corrected chi connectivity index (χ3v) is 4.92. The Morgan fingerprint density at radius 1 is 1.11 bits per heavy atom. The van der Waals surface area contributed by atoms with Gasteiger partial charge in [-0.3, -0.25) is 0 Å². The molecule has 0 saturated carbocycles. The Kier molecular flexibility index (Phi) is 7.25. The standard InChI is InChI=1S/C21H26ClN3O3/c1-27-19-7-3-4-8-20(19)28-14-11-23-21(26)24-16-9-10-18(17(22)15-16)25-12-5-2-6-13-25/h3-4,7-10,15H,2,5-6,11-14H2,1H3,(H2,23,24,26). The van der Waals surface area contributed by atoms with Crippen molar-refractivity contribution in [2.45, 2.75) is 19.3 Å². The van der Waals surface area contributed by atoms with Gasteiger partial charge in [0.1, 0.15) is 6.61 Å². The van der Waals surface area contributed by atoms with E-state index in [1.54, 1.807) is 13.2 Å². The summed E-state index contributed by atoms with van der Waals surface area (Å²) in [7, 11) is 1.59. The first kappa shape index (κ1) is 20.1.